The summed E-state index contributed by atoms with van der Waals surface area (Å²) in [7, 11) is 0. The fourth-order valence-electron chi connectivity index (χ4n) is 1.09. The zero-order valence-corrected chi connectivity index (χ0v) is 9.34. The zero-order chi connectivity index (χ0) is 10.7. The van der Waals surface area contributed by atoms with E-state index in [1.807, 2.05) is 6.92 Å². The van der Waals surface area contributed by atoms with Gasteiger partial charge < -0.3 is 9.84 Å². The van der Waals surface area contributed by atoms with Crippen molar-refractivity contribution in [2.75, 3.05) is 11.9 Å². The molecule has 0 aliphatic heterocycles. The average Bonchev–Trinajstić information content (AvgIpc) is 2.76. The van der Waals surface area contributed by atoms with Gasteiger partial charge in [0.25, 0.3) is 0 Å². The molecule has 0 saturated carbocycles. The van der Waals surface area contributed by atoms with Crippen molar-refractivity contribution in [1.82, 2.24) is 19.5 Å². The molecule has 80 valence electrons. The molecule has 2 aromatic heterocycles. The van der Waals surface area contributed by atoms with Crippen LogP contribution in [0.2, 0.25) is 0 Å². The summed E-state index contributed by atoms with van der Waals surface area (Å²) in [4.78, 5) is 8.28. The number of aryl methyl sites for hydroxylation is 2. The lowest BCUT2D eigenvalue weighted by molar-refractivity contribution is 0.387. The van der Waals surface area contributed by atoms with Gasteiger partial charge in [0.2, 0.25) is 11.0 Å². The van der Waals surface area contributed by atoms with Gasteiger partial charge in [0, 0.05) is 31.4 Å². The highest BCUT2D eigenvalue weighted by molar-refractivity contribution is 7.09. The van der Waals surface area contributed by atoms with Crippen molar-refractivity contribution in [3.63, 3.8) is 0 Å². The minimum atomic E-state index is 0.594. The van der Waals surface area contributed by atoms with E-state index in [0.717, 1.165) is 23.9 Å². The maximum Gasteiger partial charge on any atom is 0.223 e. The Labute approximate surface area is 90.9 Å². The molecule has 6 nitrogen and oxygen atoms in total. The summed E-state index contributed by atoms with van der Waals surface area (Å²) < 4.78 is 8.92. The Kier molecular flexibility index (Phi) is 2.91. The van der Waals surface area contributed by atoms with Gasteiger partial charge in [-0.05, 0) is 6.92 Å². The summed E-state index contributed by atoms with van der Waals surface area (Å²) >= 11 is 1.35. The van der Waals surface area contributed by atoms with Crippen molar-refractivity contribution >= 4 is 16.7 Å². The van der Waals surface area contributed by atoms with Crippen LogP contribution < -0.4 is 5.32 Å². The van der Waals surface area contributed by atoms with Crippen LogP contribution in [0.25, 0.3) is 0 Å². The monoisotopic (exact) mass is 225 g/mol. The third kappa shape index (κ3) is 2.72. The second kappa shape index (κ2) is 4.35. The number of aromatic nitrogens is 4. The molecule has 2 heterocycles. The summed E-state index contributed by atoms with van der Waals surface area (Å²) in [5, 5.41) is 7.77. The van der Waals surface area contributed by atoms with Crippen LogP contribution in [0.4, 0.5) is 5.13 Å². The second-order valence-electron chi connectivity index (χ2n) is 3.05. The van der Waals surface area contributed by atoms with Gasteiger partial charge in [-0.3, -0.25) is 0 Å². The van der Waals surface area contributed by atoms with E-state index in [1.54, 1.807) is 6.92 Å². The second-order valence-corrected chi connectivity index (χ2v) is 3.80. The van der Waals surface area contributed by atoms with E-state index >= 15 is 0 Å². The number of nitrogens with zero attached hydrogens (tertiary/aromatic N) is 4. The minimum Gasteiger partial charge on any atom is -0.360 e. The Bertz CT molecular complexity index is 397. The lowest BCUT2D eigenvalue weighted by Gasteiger charge is -1.97. The molecule has 0 saturated heterocycles. The standard InChI is InChI=1S/C8H11N5OS/c1-5-10-8(15-13-5)9-4-3-7-11-6(2)14-12-7/h3-4H2,1-2H3,(H,9,10,13). The highest BCUT2D eigenvalue weighted by Gasteiger charge is 2.03. The summed E-state index contributed by atoms with van der Waals surface area (Å²) in [6.07, 6.45) is 0.718. The van der Waals surface area contributed by atoms with Crippen LogP contribution in [0.15, 0.2) is 4.52 Å². The maximum absolute atomic E-state index is 4.86. The van der Waals surface area contributed by atoms with Crippen molar-refractivity contribution in [3.8, 4) is 0 Å². The first-order chi connectivity index (χ1) is 7.24. The van der Waals surface area contributed by atoms with Gasteiger partial charge in [-0.15, -0.1) is 0 Å². The molecule has 0 amide bonds. The van der Waals surface area contributed by atoms with E-state index < -0.39 is 0 Å². The molecule has 0 radical (unpaired) electrons. The molecule has 0 fully saturated rings. The number of hydrogen-bond acceptors (Lipinski definition) is 7. The van der Waals surface area contributed by atoms with Crippen molar-refractivity contribution < 1.29 is 4.52 Å². The number of nitrogens with one attached hydrogen (secondary N) is 1. The fourth-order valence-corrected chi connectivity index (χ4v) is 1.69. The number of rotatable bonds is 4. The van der Waals surface area contributed by atoms with Gasteiger partial charge in [0.05, 0.1) is 0 Å². The van der Waals surface area contributed by atoms with E-state index in [4.69, 9.17) is 4.52 Å². The van der Waals surface area contributed by atoms with E-state index in [1.165, 1.54) is 11.5 Å². The Balaban J connectivity index is 1.80. The smallest absolute Gasteiger partial charge is 0.223 e. The summed E-state index contributed by atoms with van der Waals surface area (Å²) in [6, 6.07) is 0. The molecule has 2 aromatic rings. The average molecular weight is 225 g/mol. The van der Waals surface area contributed by atoms with Crippen LogP contribution in [-0.2, 0) is 6.42 Å². The summed E-state index contributed by atoms with van der Waals surface area (Å²) in [5.74, 6) is 2.09. The Hall–Kier alpha value is -1.50. The Morgan fingerprint density at radius 1 is 1.33 bits per heavy atom. The van der Waals surface area contributed by atoms with Crippen molar-refractivity contribution in [1.29, 1.82) is 0 Å². The third-order valence-corrected chi connectivity index (χ3v) is 2.49. The Morgan fingerprint density at radius 3 is 2.80 bits per heavy atom. The highest BCUT2D eigenvalue weighted by Crippen LogP contribution is 2.09. The molecule has 2 rings (SSSR count). The first-order valence-electron chi connectivity index (χ1n) is 4.57. The summed E-state index contributed by atoms with van der Waals surface area (Å²) in [6.45, 7) is 4.37. The normalized spacial score (nSPS) is 10.5. The number of hydrogen-bond donors (Lipinski definition) is 1. The lowest BCUT2D eigenvalue weighted by atomic mass is 10.4. The number of anilines is 1. The van der Waals surface area contributed by atoms with E-state index in [0.29, 0.717) is 11.7 Å². The van der Waals surface area contributed by atoms with Crippen molar-refractivity contribution in [3.05, 3.63) is 17.5 Å². The van der Waals surface area contributed by atoms with Gasteiger partial charge in [-0.2, -0.15) is 9.36 Å². The van der Waals surface area contributed by atoms with Gasteiger partial charge in [0.1, 0.15) is 5.82 Å². The van der Waals surface area contributed by atoms with Gasteiger partial charge in [0.15, 0.2) is 5.82 Å². The maximum atomic E-state index is 4.86. The fraction of sp³-hybridized carbons (Fsp3) is 0.500. The molecular formula is C8H11N5OS. The van der Waals surface area contributed by atoms with Crippen molar-refractivity contribution in [2.45, 2.75) is 20.3 Å². The van der Waals surface area contributed by atoms with Crippen LogP contribution in [0.1, 0.15) is 17.5 Å². The predicted octanol–water partition coefficient (Wildman–Crippen LogP) is 1.19. The Morgan fingerprint density at radius 2 is 2.20 bits per heavy atom. The van der Waals surface area contributed by atoms with Crippen molar-refractivity contribution in [2.24, 2.45) is 0 Å². The topological polar surface area (TPSA) is 76.7 Å². The van der Waals surface area contributed by atoms with Crippen LogP contribution in [-0.4, -0.2) is 26.0 Å². The minimum absolute atomic E-state index is 0.594. The molecule has 0 unspecified atom stereocenters. The molecule has 1 N–H and O–H groups in total. The van der Waals surface area contributed by atoms with E-state index in [-0.39, 0.29) is 0 Å². The van der Waals surface area contributed by atoms with Crippen LogP contribution >= 0.6 is 11.5 Å². The van der Waals surface area contributed by atoms with Gasteiger partial charge >= 0.3 is 0 Å². The molecule has 15 heavy (non-hydrogen) atoms. The molecule has 0 aromatic carbocycles. The van der Waals surface area contributed by atoms with Gasteiger partial charge in [-0.1, -0.05) is 5.16 Å². The third-order valence-electron chi connectivity index (χ3n) is 1.72. The molecular weight excluding hydrogens is 214 g/mol. The molecule has 7 heteroatoms. The molecule has 0 spiro atoms. The van der Waals surface area contributed by atoms with Crippen LogP contribution in [0, 0.1) is 13.8 Å². The molecule has 0 aliphatic carbocycles. The molecule has 0 bridgehead atoms. The van der Waals surface area contributed by atoms with E-state index in [9.17, 15) is 0 Å². The first kappa shape index (κ1) is 10.0. The SMILES string of the molecule is Cc1nsc(NCCc2noc(C)n2)n1. The highest BCUT2D eigenvalue weighted by atomic mass is 32.1. The summed E-state index contributed by atoms with van der Waals surface area (Å²) in [5.41, 5.74) is 0. The molecule has 0 aliphatic rings. The zero-order valence-electron chi connectivity index (χ0n) is 8.52. The first-order valence-corrected chi connectivity index (χ1v) is 5.35. The largest absolute Gasteiger partial charge is 0.360 e. The van der Waals surface area contributed by atoms with Crippen LogP contribution in [0.3, 0.4) is 0 Å². The van der Waals surface area contributed by atoms with Gasteiger partial charge in [-0.25, -0.2) is 4.98 Å². The lowest BCUT2D eigenvalue weighted by Crippen LogP contribution is -2.05. The molecule has 0 atom stereocenters. The predicted molar refractivity (Wildman–Crippen MR) is 55.9 cm³/mol. The van der Waals surface area contributed by atoms with Crippen LogP contribution in [0.5, 0.6) is 0 Å². The quantitative estimate of drug-likeness (QED) is 0.842. The van der Waals surface area contributed by atoms with E-state index in [2.05, 4.69) is 24.8 Å².